The SMILES string of the molecule is C[Si](C)(C)OC[C@H](CC(=O)O)O[Si](C)(C)C. The summed E-state index contributed by atoms with van der Waals surface area (Å²) in [5, 5.41) is 8.80. The highest BCUT2D eigenvalue weighted by molar-refractivity contribution is 6.70. The predicted molar refractivity (Wildman–Crippen MR) is 69.8 cm³/mol. The number of aliphatic carboxylic acids is 1. The predicted octanol–water partition coefficient (Wildman–Crippen LogP) is 2.53. The molecule has 6 heteroatoms. The molecule has 0 aromatic carbocycles. The molecule has 0 heterocycles. The van der Waals surface area contributed by atoms with E-state index in [9.17, 15) is 4.79 Å². The Kier molecular flexibility index (Phi) is 5.88. The minimum Gasteiger partial charge on any atom is -0.481 e. The van der Waals surface area contributed by atoms with E-state index in [1.807, 2.05) is 0 Å². The number of carbonyl (C=O) groups is 1. The lowest BCUT2D eigenvalue weighted by molar-refractivity contribution is -0.139. The smallest absolute Gasteiger partial charge is 0.306 e. The molecule has 0 fully saturated rings. The Morgan fingerprint density at radius 1 is 1.12 bits per heavy atom. The zero-order chi connectivity index (χ0) is 13.0. The van der Waals surface area contributed by atoms with E-state index in [2.05, 4.69) is 39.3 Å². The fraction of sp³-hybridized carbons (Fsp3) is 0.900. The Balaban J connectivity index is 4.27. The molecule has 0 saturated heterocycles. The van der Waals surface area contributed by atoms with Crippen LogP contribution < -0.4 is 0 Å². The van der Waals surface area contributed by atoms with Crippen LogP contribution in [0.3, 0.4) is 0 Å². The second-order valence-corrected chi connectivity index (χ2v) is 14.8. The summed E-state index contributed by atoms with van der Waals surface area (Å²) >= 11 is 0. The zero-order valence-electron chi connectivity index (χ0n) is 11.2. The summed E-state index contributed by atoms with van der Waals surface area (Å²) in [5.74, 6) is -0.831. The van der Waals surface area contributed by atoms with Gasteiger partial charge in [0, 0.05) is 0 Å². The van der Waals surface area contributed by atoms with Crippen molar-refractivity contribution in [3.63, 3.8) is 0 Å². The second-order valence-electron chi connectivity index (χ2n) is 5.87. The monoisotopic (exact) mass is 264 g/mol. The largest absolute Gasteiger partial charge is 0.481 e. The molecule has 96 valence electrons. The molecule has 0 amide bonds. The van der Waals surface area contributed by atoms with Crippen molar-refractivity contribution in [1.29, 1.82) is 0 Å². The molecule has 1 N–H and O–H groups in total. The highest BCUT2D eigenvalue weighted by Gasteiger charge is 2.25. The molecule has 0 unspecified atom stereocenters. The van der Waals surface area contributed by atoms with Gasteiger partial charge in [0.25, 0.3) is 0 Å². The fourth-order valence-electron chi connectivity index (χ4n) is 1.17. The molecule has 0 aliphatic carbocycles. The number of rotatable bonds is 7. The van der Waals surface area contributed by atoms with Gasteiger partial charge in [0.05, 0.1) is 19.1 Å². The molecule has 0 bridgehead atoms. The van der Waals surface area contributed by atoms with Crippen LogP contribution in [0.1, 0.15) is 6.42 Å². The molecule has 0 saturated carbocycles. The lowest BCUT2D eigenvalue weighted by Gasteiger charge is -2.28. The third kappa shape index (κ3) is 10.3. The standard InChI is InChI=1S/C10H24O4Si2/c1-15(2,3)13-8-9(7-10(11)12)14-16(4,5)6/h9H,7-8H2,1-6H3,(H,11,12)/t9-/m0/s1. The molecule has 0 aromatic rings. The molecule has 0 rings (SSSR count). The van der Waals surface area contributed by atoms with Gasteiger partial charge in [-0.1, -0.05) is 0 Å². The summed E-state index contributed by atoms with van der Waals surface area (Å²) in [5.41, 5.74) is 0. The van der Waals surface area contributed by atoms with Gasteiger partial charge in [-0.25, -0.2) is 0 Å². The van der Waals surface area contributed by atoms with Crippen molar-refractivity contribution in [2.45, 2.75) is 51.8 Å². The van der Waals surface area contributed by atoms with Crippen LogP contribution in [-0.4, -0.2) is 40.4 Å². The quantitative estimate of drug-likeness (QED) is 0.718. The third-order valence-electron chi connectivity index (χ3n) is 1.62. The van der Waals surface area contributed by atoms with Crippen molar-refractivity contribution in [2.75, 3.05) is 6.61 Å². The van der Waals surface area contributed by atoms with Gasteiger partial charge in [-0.3, -0.25) is 4.79 Å². The lowest BCUT2D eigenvalue weighted by Crippen LogP contribution is -2.39. The van der Waals surface area contributed by atoms with E-state index in [1.165, 1.54) is 0 Å². The summed E-state index contributed by atoms with van der Waals surface area (Å²) < 4.78 is 11.5. The summed E-state index contributed by atoms with van der Waals surface area (Å²) in [4.78, 5) is 10.7. The Hall–Kier alpha value is -0.176. The maximum absolute atomic E-state index is 10.7. The number of hydrogen-bond acceptors (Lipinski definition) is 3. The second kappa shape index (κ2) is 5.95. The topological polar surface area (TPSA) is 55.8 Å². The van der Waals surface area contributed by atoms with E-state index < -0.39 is 22.6 Å². The summed E-state index contributed by atoms with van der Waals surface area (Å²) in [7, 11) is -3.32. The normalized spacial score (nSPS) is 14.9. The molecular weight excluding hydrogens is 240 g/mol. The summed E-state index contributed by atoms with van der Waals surface area (Å²) in [6, 6.07) is 0. The van der Waals surface area contributed by atoms with E-state index in [0.717, 1.165) is 0 Å². The highest BCUT2D eigenvalue weighted by Crippen LogP contribution is 2.13. The first-order valence-electron chi connectivity index (χ1n) is 5.53. The summed E-state index contributed by atoms with van der Waals surface area (Å²) in [6.07, 6.45) is -0.287. The molecule has 0 radical (unpaired) electrons. The Morgan fingerprint density at radius 2 is 1.62 bits per heavy atom. The zero-order valence-corrected chi connectivity index (χ0v) is 13.2. The van der Waals surface area contributed by atoms with Crippen LogP contribution >= 0.6 is 0 Å². The van der Waals surface area contributed by atoms with Crippen LogP contribution in [0.2, 0.25) is 39.3 Å². The van der Waals surface area contributed by atoms with Gasteiger partial charge in [0.1, 0.15) is 0 Å². The fourth-order valence-corrected chi connectivity index (χ4v) is 3.01. The van der Waals surface area contributed by atoms with E-state index in [1.54, 1.807) is 0 Å². The number of carboxylic acid groups (broad SMARTS) is 1. The van der Waals surface area contributed by atoms with Crippen molar-refractivity contribution in [1.82, 2.24) is 0 Å². The number of hydrogen-bond donors (Lipinski definition) is 1. The van der Waals surface area contributed by atoms with Crippen LogP contribution in [0, 0.1) is 0 Å². The van der Waals surface area contributed by atoms with Gasteiger partial charge in [0.15, 0.2) is 16.6 Å². The summed E-state index contributed by atoms with van der Waals surface area (Å²) in [6.45, 7) is 12.8. The van der Waals surface area contributed by atoms with Crippen molar-refractivity contribution in [3.8, 4) is 0 Å². The maximum Gasteiger partial charge on any atom is 0.306 e. The van der Waals surface area contributed by atoms with Crippen LogP contribution in [-0.2, 0) is 13.6 Å². The van der Waals surface area contributed by atoms with Crippen LogP contribution in [0.15, 0.2) is 0 Å². The molecular formula is C10H24O4Si2. The number of carboxylic acids is 1. The van der Waals surface area contributed by atoms with Gasteiger partial charge >= 0.3 is 5.97 Å². The minimum atomic E-state index is -1.71. The first-order chi connectivity index (χ1) is 6.99. The Bertz CT molecular complexity index is 230. The van der Waals surface area contributed by atoms with Crippen LogP contribution in [0.5, 0.6) is 0 Å². The lowest BCUT2D eigenvalue weighted by atomic mass is 10.3. The van der Waals surface area contributed by atoms with E-state index in [4.69, 9.17) is 14.0 Å². The molecule has 1 atom stereocenters. The Labute approximate surface area is 100 Å². The van der Waals surface area contributed by atoms with Gasteiger partial charge in [0.2, 0.25) is 0 Å². The van der Waals surface area contributed by atoms with E-state index >= 15 is 0 Å². The van der Waals surface area contributed by atoms with Crippen molar-refractivity contribution in [2.24, 2.45) is 0 Å². The molecule has 0 aliphatic rings. The first-order valence-corrected chi connectivity index (χ1v) is 12.3. The molecule has 0 aromatic heterocycles. The van der Waals surface area contributed by atoms with Crippen molar-refractivity contribution in [3.05, 3.63) is 0 Å². The van der Waals surface area contributed by atoms with Crippen LogP contribution in [0.4, 0.5) is 0 Å². The van der Waals surface area contributed by atoms with Gasteiger partial charge in [-0.05, 0) is 39.3 Å². The maximum atomic E-state index is 10.7. The molecule has 16 heavy (non-hydrogen) atoms. The Morgan fingerprint density at radius 3 is 1.94 bits per heavy atom. The van der Waals surface area contributed by atoms with E-state index in [0.29, 0.717) is 6.61 Å². The minimum absolute atomic E-state index is 0.0226. The molecule has 0 spiro atoms. The van der Waals surface area contributed by atoms with Gasteiger partial charge < -0.3 is 14.0 Å². The van der Waals surface area contributed by atoms with Gasteiger partial charge in [-0.2, -0.15) is 0 Å². The first kappa shape index (κ1) is 15.8. The van der Waals surface area contributed by atoms with E-state index in [-0.39, 0.29) is 12.5 Å². The highest BCUT2D eigenvalue weighted by atomic mass is 28.4. The molecule has 4 nitrogen and oxygen atoms in total. The molecule has 0 aliphatic heterocycles. The van der Waals surface area contributed by atoms with Crippen LogP contribution in [0.25, 0.3) is 0 Å². The van der Waals surface area contributed by atoms with Gasteiger partial charge in [-0.15, -0.1) is 0 Å². The average molecular weight is 264 g/mol. The van der Waals surface area contributed by atoms with Crippen molar-refractivity contribution < 1.29 is 18.8 Å². The van der Waals surface area contributed by atoms with Crippen molar-refractivity contribution >= 4 is 22.6 Å². The third-order valence-corrected chi connectivity index (χ3v) is 3.70. The average Bonchev–Trinajstić information content (AvgIpc) is 1.94.